The van der Waals surface area contributed by atoms with E-state index in [1.165, 1.54) is 0 Å². The van der Waals surface area contributed by atoms with E-state index in [1.54, 1.807) is 0 Å². The van der Waals surface area contributed by atoms with E-state index >= 15 is 0 Å². The van der Waals surface area contributed by atoms with Crippen LogP contribution in [-0.2, 0) is 14.2 Å². The lowest BCUT2D eigenvalue weighted by atomic mass is 9.92. The van der Waals surface area contributed by atoms with E-state index in [4.69, 9.17) is 14.2 Å². The van der Waals surface area contributed by atoms with Crippen molar-refractivity contribution in [3.8, 4) is 0 Å². The Bertz CT molecular complexity index is 121. The molecule has 11 heavy (non-hydrogen) atoms. The molecule has 1 unspecified atom stereocenters. The summed E-state index contributed by atoms with van der Waals surface area (Å²) < 4.78 is 16.2. The summed E-state index contributed by atoms with van der Waals surface area (Å²) in [6.45, 7) is 3.92. The predicted octanol–water partition coefficient (Wildman–Crippen LogP) is 0.582. The van der Waals surface area contributed by atoms with Crippen molar-refractivity contribution in [3.63, 3.8) is 0 Å². The highest BCUT2D eigenvalue weighted by Crippen LogP contribution is 2.30. The van der Waals surface area contributed by atoms with Crippen molar-refractivity contribution in [1.29, 1.82) is 0 Å². The van der Waals surface area contributed by atoms with Gasteiger partial charge >= 0.3 is 0 Å². The molecule has 64 valence electrons. The fourth-order valence-electron chi connectivity index (χ4n) is 1.51. The van der Waals surface area contributed by atoms with Gasteiger partial charge in [-0.25, -0.2) is 0 Å². The molecule has 2 fully saturated rings. The molecule has 2 rings (SSSR count). The van der Waals surface area contributed by atoms with Gasteiger partial charge in [-0.15, -0.1) is 0 Å². The van der Waals surface area contributed by atoms with Gasteiger partial charge in [0.05, 0.1) is 32.0 Å². The Hall–Kier alpha value is -0.120. The Balaban J connectivity index is 1.86. The largest absolute Gasteiger partial charge is 0.379 e. The van der Waals surface area contributed by atoms with Crippen molar-refractivity contribution < 1.29 is 14.2 Å². The van der Waals surface area contributed by atoms with E-state index in [0.29, 0.717) is 6.61 Å². The minimum atomic E-state index is 0.0282. The molecule has 1 spiro atoms. The second-order valence-electron chi connectivity index (χ2n) is 3.20. The lowest BCUT2D eigenvalue weighted by Crippen LogP contribution is -2.49. The minimum Gasteiger partial charge on any atom is -0.379 e. The second kappa shape index (κ2) is 3.09. The summed E-state index contributed by atoms with van der Waals surface area (Å²) in [5.41, 5.74) is 0.0282. The highest BCUT2D eigenvalue weighted by molar-refractivity contribution is 4.87. The third kappa shape index (κ3) is 1.55. The molecule has 0 amide bonds. The van der Waals surface area contributed by atoms with Crippen LogP contribution >= 0.6 is 0 Å². The number of hydrogen-bond donors (Lipinski definition) is 0. The lowest BCUT2D eigenvalue weighted by Gasteiger charge is -2.42. The smallest absolute Gasteiger partial charge is 0.0958 e. The van der Waals surface area contributed by atoms with Crippen LogP contribution in [-0.4, -0.2) is 38.6 Å². The molecule has 3 heteroatoms. The normalized spacial score (nSPS) is 39.3. The Morgan fingerprint density at radius 1 is 0.818 bits per heavy atom. The van der Waals surface area contributed by atoms with E-state index in [-0.39, 0.29) is 5.60 Å². The number of hydrogen-bond acceptors (Lipinski definition) is 3. The first-order valence-electron chi connectivity index (χ1n) is 4.21. The molecule has 0 saturated carbocycles. The van der Waals surface area contributed by atoms with Gasteiger partial charge in [0.1, 0.15) is 0 Å². The summed E-state index contributed by atoms with van der Waals surface area (Å²) in [6.07, 6.45) is 2.13. The van der Waals surface area contributed by atoms with Crippen LogP contribution in [0, 0.1) is 0 Å². The first-order chi connectivity index (χ1) is 5.41. The van der Waals surface area contributed by atoms with Gasteiger partial charge in [0.2, 0.25) is 0 Å². The molecule has 2 saturated heterocycles. The third-order valence-electron chi connectivity index (χ3n) is 2.41. The quantitative estimate of drug-likeness (QED) is 0.516. The Labute approximate surface area is 66.6 Å². The molecule has 0 bridgehead atoms. The summed E-state index contributed by atoms with van der Waals surface area (Å²) in [7, 11) is 0. The van der Waals surface area contributed by atoms with Crippen LogP contribution in [0.1, 0.15) is 12.8 Å². The Morgan fingerprint density at radius 2 is 1.64 bits per heavy atom. The van der Waals surface area contributed by atoms with Crippen molar-refractivity contribution in [3.05, 3.63) is 0 Å². The first kappa shape index (κ1) is 7.53. The molecule has 0 aromatic rings. The van der Waals surface area contributed by atoms with Crippen molar-refractivity contribution in [2.45, 2.75) is 18.4 Å². The highest BCUT2D eigenvalue weighted by atomic mass is 16.6. The maximum absolute atomic E-state index is 5.49. The summed E-state index contributed by atoms with van der Waals surface area (Å²) in [4.78, 5) is 0. The molecule has 0 aromatic carbocycles. The summed E-state index contributed by atoms with van der Waals surface area (Å²) in [5, 5.41) is 0. The van der Waals surface area contributed by atoms with Crippen LogP contribution in [0.15, 0.2) is 0 Å². The minimum absolute atomic E-state index is 0.0282. The Kier molecular flexibility index (Phi) is 2.11. The van der Waals surface area contributed by atoms with Crippen LogP contribution < -0.4 is 0 Å². The van der Waals surface area contributed by atoms with Crippen LogP contribution in [0.4, 0.5) is 0 Å². The second-order valence-corrected chi connectivity index (χ2v) is 3.20. The highest BCUT2D eigenvalue weighted by Gasteiger charge is 2.38. The third-order valence-corrected chi connectivity index (χ3v) is 2.41. The molecule has 0 aliphatic carbocycles. The Morgan fingerprint density at radius 3 is 2.36 bits per heavy atom. The van der Waals surface area contributed by atoms with E-state index in [0.717, 1.165) is 39.3 Å². The van der Waals surface area contributed by atoms with Gasteiger partial charge < -0.3 is 14.2 Å². The van der Waals surface area contributed by atoms with E-state index in [9.17, 15) is 0 Å². The molecule has 1 atom stereocenters. The fraction of sp³-hybridized carbons (Fsp3) is 1.00. The summed E-state index contributed by atoms with van der Waals surface area (Å²) in [6, 6.07) is 0. The standard InChI is InChI=1S/C8H14O3/c1-3-9-5-6-10-7-8(1)2-4-11-8/h1-7H2. The van der Waals surface area contributed by atoms with Crippen molar-refractivity contribution in [2.75, 3.05) is 33.0 Å². The molecular formula is C8H14O3. The van der Waals surface area contributed by atoms with E-state index in [2.05, 4.69) is 0 Å². The van der Waals surface area contributed by atoms with Crippen molar-refractivity contribution >= 4 is 0 Å². The molecule has 2 aliphatic rings. The van der Waals surface area contributed by atoms with E-state index in [1.807, 2.05) is 0 Å². The van der Waals surface area contributed by atoms with Gasteiger partial charge in [-0.3, -0.25) is 0 Å². The van der Waals surface area contributed by atoms with Crippen LogP contribution in [0.3, 0.4) is 0 Å². The average Bonchev–Trinajstić information content (AvgIpc) is 1.82. The van der Waals surface area contributed by atoms with Crippen molar-refractivity contribution in [2.24, 2.45) is 0 Å². The van der Waals surface area contributed by atoms with Crippen LogP contribution in [0.25, 0.3) is 0 Å². The maximum Gasteiger partial charge on any atom is 0.0958 e. The number of ether oxygens (including phenoxy) is 3. The zero-order chi connectivity index (χ0) is 7.57. The van der Waals surface area contributed by atoms with E-state index < -0.39 is 0 Å². The maximum atomic E-state index is 5.49. The molecule has 0 aromatic heterocycles. The lowest BCUT2D eigenvalue weighted by molar-refractivity contribution is -0.201. The first-order valence-corrected chi connectivity index (χ1v) is 4.21. The molecule has 2 heterocycles. The predicted molar refractivity (Wildman–Crippen MR) is 39.6 cm³/mol. The summed E-state index contributed by atoms with van der Waals surface area (Å²) >= 11 is 0. The van der Waals surface area contributed by atoms with Crippen molar-refractivity contribution in [1.82, 2.24) is 0 Å². The van der Waals surface area contributed by atoms with Crippen LogP contribution in [0.5, 0.6) is 0 Å². The van der Waals surface area contributed by atoms with Gasteiger partial charge in [0.15, 0.2) is 0 Å². The fourth-order valence-corrected chi connectivity index (χ4v) is 1.51. The molecule has 0 N–H and O–H groups in total. The zero-order valence-corrected chi connectivity index (χ0v) is 6.67. The molecule has 0 radical (unpaired) electrons. The van der Waals surface area contributed by atoms with Gasteiger partial charge in [-0.05, 0) is 0 Å². The zero-order valence-electron chi connectivity index (χ0n) is 6.67. The van der Waals surface area contributed by atoms with Crippen LogP contribution in [0.2, 0.25) is 0 Å². The topological polar surface area (TPSA) is 27.7 Å². The number of rotatable bonds is 0. The van der Waals surface area contributed by atoms with Gasteiger partial charge in [0.25, 0.3) is 0 Å². The average molecular weight is 158 g/mol. The molecule has 2 aliphatic heterocycles. The SMILES string of the molecule is C1COCC2(CCO1)CCO2. The summed E-state index contributed by atoms with van der Waals surface area (Å²) in [5.74, 6) is 0. The van der Waals surface area contributed by atoms with Gasteiger partial charge in [-0.2, -0.15) is 0 Å². The monoisotopic (exact) mass is 158 g/mol. The van der Waals surface area contributed by atoms with Gasteiger partial charge in [-0.1, -0.05) is 0 Å². The molecular weight excluding hydrogens is 144 g/mol. The molecule has 3 nitrogen and oxygen atoms in total. The van der Waals surface area contributed by atoms with Gasteiger partial charge in [0, 0.05) is 19.4 Å².